The smallest absolute Gasteiger partial charge is 0.228 e. The molecular weight excluding hydrogens is 364 g/mol. The first-order valence-corrected chi connectivity index (χ1v) is 10.6. The normalized spacial score (nSPS) is 22.7. The van der Waals surface area contributed by atoms with E-state index in [1.165, 1.54) is 5.56 Å². The average molecular weight is 395 g/mol. The summed E-state index contributed by atoms with van der Waals surface area (Å²) in [6.45, 7) is 4.73. The highest BCUT2D eigenvalue weighted by atomic mass is 16.5. The Morgan fingerprint density at radius 1 is 1.17 bits per heavy atom. The summed E-state index contributed by atoms with van der Waals surface area (Å²) in [5.74, 6) is 1.67. The maximum absolute atomic E-state index is 13.4. The van der Waals surface area contributed by atoms with Gasteiger partial charge in [-0.3, -0.25) is 4.79 Å². The molecule has 2 aromatic rings. The number of piperidine rings is 1. The van der Waals surface area contributed by atoms with Crippen molar-refractivity contribution in [1.29, 1.82) is 0 Å². The molecule has 0 aliphatic carbocycles. The Bertz CT molecular complexity index is 836. The van der Waals surface area contributed by atoms with Crippen LogP contribution in [0.25, 0.3) is 0 Å². The van der Waals surface area contributed by atoms with E-state index in [-0.39, 0.29) is 11.5 Å². The molecule has 0 spiro atoms. The molecule has 2 aliphatic heterocycles. The van der Waals surface area contributed by atoms with E-state index in [0.29, 0.717) is 17.7 Å². The van der Waals surface area contributed by atoms with Crippen LogP contribution in [0.4, 0.5) is 5.95 Å². The topological polar surface area (TPSA) is 58.6 Å². The number of aromatic nitrogens is 2. The van der Waals surface area contributed by atoms with E-state index >= 15 is 0 Å². The van der Waals surface area contributed by atoms with Crippen LogP contribution >= 0.6 is 0 Å². The van der Waals surface area contributed by atoms with Gasteiger partial charge in [-0.1, -0.05) is 30.3 Å². The lowest BCUT2D eigenvalue weighted by molar-refractivity contribution is -0.140. The molecule has 4 rings (SSSR count). The van der Waals surface area contributed by atoms with E-state index in [1.807, 2.05) is 6.07 Å². The molecule has 2 aliphatic rings. The van der Waals surface area contributed by atoms with E-state index in [0.717, 1.165) is 51.7 Å². The molecule has 0 radical (unpaired) electrons. The van der Waals surface area contributed by atoms with Crippen molar-refractivity contribution in [1.82, 2.24) is 14.9 Å². The van der Waals surface area contributed by atoms with Crippen LogP contribution in [0.15, 0.2) is 42.6 Å². The molecule has 6 heteroatoms. The van der Waals surface area contributed by atoms with Crippen LogP contribution in [0.3, 0.4) is 0 Å². The second-order valence-electron chi connectivity index (χ2n) is 8.41. The van der Waals surface area contributed by atoms with Crippen molar-refractivity contribution in [2.24, 2.45) is 5.92 Å². The number of rotatable bonds is 5. The summed E-state index contributed by atoms with van der Waals surface area (Å²) in [5, 5.41) is 0. The molecule has 0 saturated carbocycles. The zero-order valence-electron chi connectivity index (χ0n) is 17.4. The van der Waals surface area contributed by atoms with Crippen molar-refractivity contribution in [2.75, 3.05) is 31.6 Å². The average Bonchev–Trinajstić information content (AvgIpc) is 3.15. The third-order valence-corrected chi connectivity index (χ3v) is 6.40. The minimum Gasteiger partial charge on any atom is -0.481 e. The number of ether oxygens (including phenoxy) is 1. The fourth-order valence-electron chi connectivity index (χ4n) is 4.76. The number of carbonyl (C=O) groups is 1. The number of nitrogens with zero attached hydrogens (tertiary/aromatic N) is 4. The molecule has 1 aromatic carbocycles. The first-order chi connectivity index (χ1) is 14.1. The first kappa shape index (κ1) is 19.7. The van der Waals surface area contributed by atoms with Crippen molar-refractivity contribution in [3.63, 3.8) is 0 Å². The van der Waals surface area contributed by atoms with Crippen LogP contribution in [0.5, 0.6) is 5.88 Å². The van der Waals surface area contributed by atoms with Crippen LogP contribution in [-0.2, 0) is 11.2 Å². The van der Waals surface area contributed by atoms with E-state index < -0.39 is 0 Å². The van der Waals surface area contributed by atoms with Crippen LogP contribution in [0.1, 0.15) is 38.2 Å². The monoisotopic (exact) mass is 394 g/mol. The molecule has 2 fully saturated rings. The molecule has 1 atom stereocenters. The Kier molecular flexibility index (Phi) is 5.69. The lowest BCUT2D eigenvalue weighted by Gasteiger charge is -2.40. The zero-order valence-corrected chi connectivity index (χ0v) is 17.4. The van der Waals surface area contributed by atoms with Crippen molar-refractivity contribution in [3.8, 4) is 5.88 Å². The Morgan fingerprint density at radius 2 is 1.93 bits per heavy atom. The van der Waals surface area contributed by atoms with Crippen molar-refractivity contribution in [3.05, 3.63) is 48.2 Å². The Hall–Kier alpha value is -2.63. The standard InChI is InChI=1S/C23H30N4O2/c1-23(17-18-7-4-3-5-8-18)12-6-14-27(23)21(28)19-10-15-26(16-11-19)22-24-13-9-20(25-22)29-2/h3-5,7-9,13,19H,6,10-12,14-17H2,1-2H3. The lowest BCUT2D eigenvalue weighted by Crippen LogP contribution is -2.50. The van der Waals surface area contributed by atoms with E-state index in [2.05, 4.69) is 51.0 Å². The van der Waals surface area contributed by atoms with E-state index in [1.54, 1.807) is 19.4 Å². The Morgan fingerprint density at radius 3 is 2.66 bits per heavy atom. The summed E-state index contributed by atoms with van der Waals surface area (Å²) < 4.78 is 5.21. The van der Waals surface area contributed by atoms with Gasteiger partial charge in [0.15, 0.2) is 0 Å². The second-order valence-corrected chi connectivity index (χ2v) is 8.41. The SMILES string of the molecule is COc1ccnc(N2CCC(C(=O)N3CCCC3(C)Cc3ccccc3)CC2)n1. The van der Waals surface area contributed by atoms with Gasteiger partial charge >= 0.3 is 0 Å². The van der Waals surface area contributed by atoms with Crippen LogP contribution in [0, 0.1) is 5.92 Å². The lowest BCUT2D eigenvalue weighted by atomic mass is 9.88. The molecule has 1 unspecified atom stereocenters. The minimum atomic E-state index is -0.0779. The number of methoxy groups -OCH3 is 1. The highest BCUT2D eigenvalue weighted by Crippen LogP contribution is 2.35. The van der Waals surface area contributed by atoms with Crippen molar-refractivity contribution < 1.29 is 9.53 Å². The number of carbonyl (C=O) groups excluding carboxylic acids is 1. The van der Waals surface area contributed by atoms with Gasteiger partial charge in [-0.05, 0) is 44.6 Å². The molecule has 1 amide bonds. The number of anilines is 1. The van der Waals surface area contributed by atoms with E-state index in [4.69, 9.17) is 4.74 Å². The van der Waals surface area contributed by atoms with Crippen LogP contribution < -0.4 is 9.64 Å². The minimum absolute atomic E-state index is 0.0779. The summed E-state index contributed by atoms with van der Waals surface area (Å²) in [6.07, 6.45) is 6.50. The van der Waals surface area contributed by atoms with Crippen molar-refractivity contribution >= 4 is 11.9 Å². The van der Waals surface area contributed by atoms with Crippen LogP contribution in [0.2, 0.25) is 0 Å². The van der Waals surface area contributed by atoms with Crippen molar-refractivity contribution in [2.45, 2.75) is 44.6 Å². The molecule has 3 heterocycles. The maximum atomic E-state index is 13.4. The van der Waals surface area contributed by atoms with Gasteiger partial charge in [0.1, 0.15) is 0 Å². The van der Waals surface area contributed by atoms with Gasteiger partial charge in [-0.25, -0.2) is 4.98 Å². The highest BCUT2D eigenvalue weighted by molar-refractivity contribution is 5.80. The molecule has 0 N–H and O–H groups in total. The Labute approximate surface area is 172 Å². The highest BCUT2D eigenvalue weighted by Gasteiger charge is 2.42. The number of hydrogen-bond donors (Lipinski definition) is 0. The number of hydrogen-bond acceptors (Lipinski definition) is 5. The van der Waals surface area contributed by atoms with Gasteiger partial charge in [0.25, 0.3) is 0 Å². The van der Waals surface area contributed by atoms with Gasteiger partial charge < -0.3 is 14.5 Å². The summed E-state index contributed by atoms with van der Waals surface area (Å²) >= 11 is 0. The molecular formula is C23H30N4O2. The van der Waals surface area contributed by atoms with Gasteiger partial charge in [0.05, 0.1) is 7.11 Å². The maximum Gasteiger partial charge on any atom is 0.228 e. The van der Waals surface area contributed by atoms with Crippen LogP contribution in [-0.4, -0.2) is 53.1 Å². The molecule has 0 bridgehead atoms. The third-order valence-electron chi connectivity index (χ3n) is 6.40. The molecule has 6 nitrogen and oxygen atoms in total. The van der Waals surface area contributed by atoms with Gasteiger partial charge in [0.2, 0.25) is 17.7 Å². The third kappa shape index (κ3) is 4.21. The predicted octanol–water partition coefficient (Wildman–Crippen LogP) is 3.33. The molecule has 2 saturated heterocycles. The predicted molar refractivity (Wildman–Crippen MR) is 113 cm³/mol. The number of likely N-dealkylation sites (tertiary alicyclic amines) is 1. The molecule has 154 valence electrons. The first-order valence-electron chi connectivity index (χ1n) is 10.6. The second kappa shape index (κ2) is 8.39. The molecule has 1 aromatic heterocycles. The summed E-state index contributed by atoms with van der Waals surface area (Å²) in [5.41, 5.74) is 1.23. The van der Waals surface area contributed by atoms with E-state index in [9.17, 15) is 4.79 Å². The summed E-state index contributed by atoms with van der Waals surface area (Å²) in [4.78, 5) is 26.5. The fraction of sp³-hybridized carbons (Fsp3) is 0.522. The zero-order chi connectivity index (χ0) is 20.3. The quantitative estimate of drug-likeness (QED) is 0.779. The summed E-state index contributed by atoms with van der Waals surface area (Å²) in [6, 6.07) is 12.3. The van der Waals surface area contributed by atoms with Gasteiger partial charge in [-0.15, -0.1) is 0 Å². The number of benzene rings is 1. The number of amides is 1. The Balaban J connectivity index is 1.39. The van der Waals surface area contributed by atoms with Gasteiger partial charge in [-0.2, -0.15) is 4.98 Å². The van der Waals surface area contributed by atoms with Gasteiger partial charge in [0, 0.05) is 43.4 Å². The largest absolute Gasteiger partial charge is 0.481 e. The fourth-order valence-corrected chi connectivity index (χ4v) is 4.76. The summed E-state index contributed by atoms with van der Waals surface area (Å²) in [7, 11) is 1.61. The molecule has 29 heavy (non-hydrogen) atoms.